The van der Waals surface area contributed by atoms with Crippen molar-refractivity contribution >= 4 is 27.2 Å². The van der Waals surface area contributed by atoms with Crippen LogP contribution in [0.25, 0.3) is 0 Å². The van der Waals surface area contributed by atoms with E-state index < -0.39 is 9.84 Å². The average molecular weight is 315 g/mol. The van der Waals surface area contributed by atoms with Gasteiger partial charge in [0.05, 0.1) is 4.90 Å². The predicted molar refractivity (Wildman–Crippen MR) is 82.5 cm³/mol. The Hall–Kier alpha value is -2.80. The molecular formula is C15H13N3O3S. The summed E-state index contributed by atoms with van der Waals surface area (Å²) in [7, 11) is -3.82. The van der Waals surface area contributed by atoms with Crippen LogP contribution in [0.5, 0.6) is 0 Å². The van der Waals surface area contributed by atoms with Gasteiger partial charge in [0, 0.05) is 5.69 Å². The molecular weight excluding hydrogens is 302 g/mol. The van der Waals surface area contributed by atoms with Crippen molar-refractivity contribution in [2.45, 2.75) is 9.79 Å². The number of rotatable bonds is 4. The number of para-hydroxylation sites is 1. The van der Waals surface area contributed by atoms with Gasteiger partial charge in [-0.2, -0.15) is 0 Å². The summed E-state index contributed by atoms with van der Waals surface area (Å²) in [5.74, 6) is -0.185. The van der Waals surface area contributed by atoms with Crippen LogP contribution in [0.3, 0.4) is 0 Å². The first-order valence-electron chi connectivity index (χ1n) is 6.46. The van der Waals surface area contributed by atoms with E-state index in [4.69, 9.17) is 10.3 Å². The van der Waals surface area contributed by atoms with Gasteiger partial charge in [-0.1, -0.05) is 41.6 Å². The minimum Gasteiger partial charge on any atom is -0.366 e. The third-order valence-corrected chi connectivity index (χ3v) is 4.86. The molecule has 112 valence electrons. The zero-order valence-corrected chi connectivity index (χ0v) is 12.2. The molecule has 0 fully saturated rings. The maximum absolute atomic E-state index is 12.7. The summed E-state index contributed by atoms with van der Waals surface area (Å²) in [5, 5.41) is 6.62. The number of aromatic nitrogens is 1. The zero-order chi connectivity index (χ0) is 15.6. The molecule has 0 unspecified atom stereocenters. The molecule has 0 amide bonds. The number of hydrogen-bond donors (Lipinski definition) is 2. The normalized spacial score (nSPS) is 11.3. The van der Waals surface area contributed by atoms with Crippen molar-refractivity contribution in [1.29, 1.82) is 0 Å². The number of nitrogens with zero attached hydrogens (tertiary/aromatic N) is 1. The van der Waals surface area contributed by atoms with Gasteiger partial charge < -0.3 is 15.6 Å². The Morgan fingerprint density at radius 2 is 1.55 bits per heavy atom. The van der Waals surface area contributed by atoms with Crippen LogP contribution in [0.2, 0.25) is 0 Å². The van der Waals surface area contributed by atoms with Gasteiger partial charge in [0.2, 0.25) is 15.7 Å². The van der Waals surface area contributed by atoms with Crippen LogP contribution in [-0.2, 0) is 9.84 Å². The summed E-state index contributed by atoms with van der Waals surface area (Å²) >= 11 is 0. The lowest BCUT2D eigenvalue weighted by Gasteiger charge is -2.06. The molecule has 0 saturated heterocycles. The predicted octanol–water partition coefficient (Wildman–Crippen LogP) is 2.83. The molecule has 3 rings (SSSR count). The van der Waals surface area contributed by atoms with E-state index in [9.17, 15) is 8.42 Å². The number of benzene rings is 2. The van der Waals surface area contributed by atoms with Gasteiger partial charge >= 0.3 is 0 Å². The van der Waals surface area contributed by atoms with E-state index >= 15 is 0 Å². The molecule has 3 N–H and O–H groups in total. The van der Waals surface area contributed by atoms with Crippen LogP contribution in [0.15, 0.2) is 75.0 Å². The zero-order valence-electron chi connectivity index (χ0n) is 11.4. The fraction of sp³-hybridized carbons (Fsp3) is 0. The van der Waals surface area contributed by atoms with Gasteiger partial charge in [-0.05, 0) is 24.3 Å². The minimum atomic E-state index is -3.82. The van der Waals surface area contributed by atoms with Crippen molar-refractivity contribution in [2.24, 2.45) is 0 Å². The first-order chi connectivity index (χ1) is 10.6. The van der Waals surface area contributed by atoms with Gasteiger partial charge in [0.1, 0.15) is 0 Å². The van der Waals surface area contributed by atoms with Crippen molar-refractivity contribution in [3.63, 3.8) is 0 Å². The summed E-state index contributed by atoms with van der Waals surface area (Å²) in [6, 6.07) is 17.1. The lowest BCUT2D eigenvalue weighted by Crippen LogP contribution is -2.06. The molecule has 1 aromatic heterocycles. The number of nitrogens with two attached hydrogens (primary N) is 1. The Morgan fingerprint density at radius 3 is 2.18 bits per heavy atom. The highest BCUT2D eigenvalue weighted by atomic mass is 32.2. The van der Waals surface area contributed by atoms with Gasteiger partial charge in [-0.25, -0.2) is 8.42 Å². The van der Waals surface area contributed by atoms with E-state index in [1.165, 1.54) is 12.1 Å². The number of anilines is 3. The Labute approximate surface area is 127 Å². The smallest absolute Gasteiger partial charge is 0.243 e. The number of nitrogen functional groups attached to an aromatic ring is 1. The molecule has 6 nitrogen and oxygen atoms in total. The highest BCUT2D eigenvalue weighted by Crippen LogP contribution is 2.33. The fourth-order valence-electron chi connectivity index (χ4n) is 2.01. The van der Waals surface area contributed by atoms with E-state index in [-0.39, 0.29) is 21.5 Å². The molecule has 1 heterocycles. The van der Waals surface area contributed by atoms with E-state index in [0.29, 0.717) is 5.69 Å². The van der Waals surface area contributed by atoms with Gasteiger partial charge in [0.15, 0.2) is 10.7 Å². The van der Waals surface area contributed by atoms with Crippen molar-refractivity contribution in [2.75, 3.05) is 11.1 Å². The molecule has 0 bridgehead atoms. The fourth-order valence-corrected chi connectivity index (χ4v) is 3.41. The summed E-state index contributed by atoms with van der Waals surface area (Å²) in [5.41, 5.74) is 6.35. The SMILES string of the molecule is Nc1onc(Nc2ccccc2)c1S(=O)(=O)c1ccccc1. The van der Waals surface area contributed by atoms with Crippen LogP contribution in [0.1, 0.15) is 0 Å². The largest absolute Gasteiger partial charge is 0.366 e. The van der Waals surface area contributed by atoms with Crippen molar-refractivity contribution in [3.8, 4) is 0 Å². The second-order valence-electron chi connectivity index (χ2n) is 4.53. The van der Waals surface area contributed by atoms with Crippen LogP contribution in [-0.4, -0.2) is 13.6 Å². The molecule has 22 heavy (non-hydrogen) atoms. The minimum absolute atomic E-state index is 0.0625. The Morgan fingerprint density at radius 1 is 0.955 bits per heavy atom. The van der Waals surface area contributed by atoms with Crippen molar-refractivity contribution < 1.29 is 12.9 Å². The summed E-state index contributed by atoms with van der Waals surface area (Å²) < 4.78 is 30.3. The second kappa shape index (κ2) is 5.53. The lowest BCUT2D eigenvalue weighted by molar-refractivity contribution is 0.438. The highest BCUT2D eigenvalue weighted by molar-refractivity contribution is 7.91. The number of sulfone groups is 1. The molecule has 0 saturated carbocycles. The van der Waals surface area contributed by atoms with E-state index in [2.05, 4.69) is 10.5 Å². The molecule has 0 aliphatic heterocycles. The van der Waals surface area contributed by atoms with E-state index in [0.717, 1.165) is 0 Å². The molecule has 2 aromatic carbocycles. The van der Waals surface area contributed by atoms with Crippen LogP contribution < -0.4 is 11.1 Å². The summed E-state index contributed by atoms with van der Waals surface area (Å²) in [6.45, 7) is 0. The Kier molecular flexibility index (Phi) is 3.56. The highest BCUT2D eigenvalue weighted by Gasteiger charge is 2.29. The molecule has 0 aliphatic carbocycles. The summed E-state index contributed by atoms with van der Waals surface area (Å²) in [6.07, 6.45) is 0. The molecule has 0 radical (unpaired) electrons. The number of nitrogens with one attached hydrogen (secondary N) is 1. The maximum Gasteiger partial charge on any atom is 0.243 e. The van der Waals surface area contributed by atoms with Crippen LogP contribution >= 0.6 is 0 Å². The first-order valence-corrected chi connectivity index (χ1v) is 7.95. The van der Waals surface area contributed by atoms with Crippen molar-refractivity contribution in [1.82, 2.24) is 5.16 Å². The quantitative estimate of drug-likeness (QED) is 0.768. The average Bonchev–Trinajstić information content (AvgIpc) is 2.90. The van der Waals surface area contributed by atoms with E-state index in [1.54, 1.807) is 30.3 Å². The Bertz CT molecular complexity index is 875. The lowest BCUT2D eigenvalue weighted by atomic mass is 10.3. The van der Waals surface area contributed by atoms with Crippen molar-refractivity contribution in [3.05, 3.63) is 60.7 Å². The monoisotopic (exact) mass is 315 g/mol. The van der Waals surface area contributed by atoms with Gasteiger partial charge in [0.25, 0.3) is 0 Å². The Balaban J connectivity index is 2.07. The molecule has 7 heteroatoms. The van der Waals surface area contributed by atoms with Crippen LogP contribution in [0.4, 0.5) is 17.4 Å². The molecule has 3 aromatic rings. The maximum atomic E-state index is 12.7. The van der Waals surface area contributed by atoms with E-state index in [1.807, 2.05) is 18.2 Å². The topological polar surface area (TPSA) is 98.2 Å². The summed E-state index contributed by atoms with van der Waals surface area (Å²) in [4.78, 5) is -0.0384. The standard InChI is InChI=1S/C15H13N3O3S/c16-14-13(22(19,20)12-9-5-2-6-10-12)15(18-21-14)17-11-7-3-1-4-8-11/h1-10H,16H2,(H,17,18). The van der Waals surface area contributed by atoms with Gasteiger partial charge in [-0.3, -0.25) is 0 Å². The third-order valence-electron chi connectivity index (χ3n) is 3.03. The van der Waals surface area contributed by atoms with Crippen LogP contribution in [0, 0.1) is 0 Å². The molecule has 0 spiro atoms. The molecule has 0 atom stereocenters. The van der Waals surface area contributed by atoms with Gasteiger partial charge in [-0.15, -0.1) is 0 Å². The second-order valence-corrected chi connectivity index (χ2v) is 6.42. The third kappa shape index (κ3) is 2.53. The number of hydrogen-bond acceptors (Lipinski definition) is 6. The first kappa shape index (κ1) is 14.2. The molecule has 0 aliphatic rings.